The summed E-state index contributed by atoms with van der Waals surface area (Å²) in [5, 5.41) is 3.85. The third-order valence-corrected chi connectivity index (χ3v) is 28.6. The predicted octanol–water partition coefficient (Wildman–Crippen LogP) is 13.2. The van der Waals surface area contributed by atoms with Gasteiger partial charge in [0.15, 0.2) is 12.6 Å². The Hall–Kier alpha value is -6.99. The number of aryl methyl sites for hydroxylation is 1. The predicted molar refractivity (Wildman–Crippen MR) is 369 cm³/mol. The molecule has 2 aromatic heterocycles. The molecule has 1 spiro atoms. The number of carbonyl (C=O) groups excluding carboxylic acids is 4. The van der Waals surface area contributed by atoms with Crippen molar-refractivity contribution < 1.29 is 46.9 Å². The topological polar surface area (TPSA) is 175 Å². The van der Waals surface area contributed by atoms with E-state index in [1.54, 1.807) is 29.3 Å². The Kier molecular flexibility index (Phi) is 19.7. The second-order valence-corrected chi connectivity index (χ2v) is 36.0. The van der Waals surface area contributed by atoms with Crippen LogP contribution in [0.2, 0.25) is 16.6 Å². The number of halogens is 2. The maximum absolute atomic E-state index is 18.3. The number of rotatable bonds is 18. The quantitative estimate of drug-likeness (QED) is 0.0498. The molecule has 5 aromatic rings. The molecular formula is C74H98F2N10O8Si. The molecule has 3 aromatic carbocycles. The Morgan fingerprint density at radius 2 is 1.49 bits per heavy atom. The number of amides is 5. The number of imide groups is 1. The molecular weight excluding hydrogens is 1220 g/mol. The molecule has 21 heteroatoms. The second kappa shape index (κ2) is 27.5. The van der Waals surface area contributed by atoms with Gasteiger partial charge in [-0.3, -0.25) is 29.7 Å². The van der Waals surface area contributed by atoms with Gasteiger partial charge in [-0.25, -0.2) is 18.4 Å². The van der Waals surface area contributed by atoms with Gasteiger partial charge in [0, 0.05) is 119 Å². The zero-order chi connectivity index (χ0) is 67.3. The Bertz CT molecular complexity index is 3750. The van der Waals surface area contributed by atoms with Crippen LogP contribution >= 0.6 is 0 Å². The summed E-state index contributed by atoms with van der Waals surface area (Å²) < 4.78 is 59.0. The molecule has 0 radical (unpaired) electrons. The monoisotopic (exact) mass is 1320 g/mol. The van der Waals surface area contributed by atoms with Crippen LogP contribution < -0.4 is 24.6 Å². The minimum atomic E-state index is -2.36. The maximum Gasteiger partial charge on any atom is 0.410 e. The van der Waals surface area contributed by atoms with Crippen molar-refractivity contribution in [1.82, 2.24) is 39.9 Å². The molecule has 7 fully saturated rings. The molecule has 7 aliphatic rings. The van der Waals surface area contributed by atoms with Crippen LogP contribution in [0.15, 0.2) is 48.7 Å². The van der Waals surface area contributed by atoms with Gasteiger partial charge in [-0.2, -0.15) is 9.97 Å². The number of benzene rings is 3. The van der Waals surface area contributed by atoms with Crippen LogP contribution in [0.4, 0.5) is 29.9 Å². The summed E-state index contributed by atoms with van der Waals surface area (Å²) >= 11 is 0. The molecule has 510 valence electrons. The molecule has 2 bridgehead atoms. The van der Waals surface area contributed by atoms with E-state index in [4.69, 9.17) is 33.9 Å². The van der Waals surface area contributed by atoms with Crippen molar-refractivity contribution in [2.75, 3.05) is 102 Å². The van der Waals surface area contributed by atoms with Crippen LogP contribution in [-0.2, 0) is 20.7 Å². The number of nitrogens with one attached hydrogen (secondary N) is 1. The van der Waals surface area contributed by atoms with Crippen molar-refractivity contribution in [3.05, 3.63) is 77.0 Å². The summed E-state index contributed by atoms with van der Waals surface area (Å²) in [6.07, 6.45) is 12.5. The highest BCUT2D eigenvalue weighted by Gasteiger charge is 2.48. The molecule has 2 aliphatic carbocycles. The minimum Gasteiger partial charge on any atom is -0.468 e. The number of hydrogen-bond acceptors (Lipinski definition) is 14. The highest BCUT2D eigenvalue weighted by Crippen LogP contribution is 2.50. The summed E-state index contributed by atoms with van der Waals surface area (Å²) in [4.78, 5) is 80.1. The molecule has 1 N–H and O–H groups in total. The zero-order valence-corrected chi connectivity index (χ0v) is 58.8. The van der Waals surface area contributed by atoms with Crippen molar-refractivity contribution in [1.29, 1.82) is 0 Å². The number of piperazine rings is 2. The number of likely N-dealkylation sites (tertiary alicyclic amines) is 1. The van der Waals surface area contributed by atoms with Gasteiger partial charge in [0.2, 0.25) is 5.91 Å². The number of urea groups is 1. The van der Waals surface area contributed by atoms with Crippen LogP contribution in [-0.4, -0.2) is 177 Å². The number of hydrogen-bond donors (Lipinski definition) is 1. The maximum atomic E-state index is 18.3. The van der Waals surface area contributed by atoms with Gasteiger partial charge >= 0.3 is 18.1 Å². The van der Waals surface area contributed by atoms with E-state index < -0.39 is 31.3 Å². The third-order valence-electron chi connectivity index (χ3n) is 22.3. The first kappa shape index (κ1) is 68.0. The van der Waals surface area contributed by atoms with E-state index in [9.17, 15) is 19.2 Å². The minimum absolute atomic E-state index is 0.0000272. The van der Waals surface area contributed by atoms with Gasteiger partial charge in [0.25, 0.3) is 5.91 Å². The van der Waals surface area contributed by atoms with Gasteiger partial charge in [-0.1, -0.05) is 66.5 Å². The van der Waals surface area contributed by atoms with Gasteiger partial charge in [0.1, 0.15) is 42.3 Å². The Morgan fingerprint density at radius 3 is 2.13 bits per heavy atom. The van der Waals surface area contributed by atoms with Crippen LogP contribution in [0, 0.1) is 39.8 Å². The van der Waals surface area contributed by atoms with E-state index in [-0.39, 0.29) is 76.8 Å². The molecule has 2 unspecified atom stereocenters. The number of carbonyl (C=O) groups is 4. The van der Waals surface area contributed by atoms with E-state index >= 15 is 8.78 Å². The van der Waals surface area contributed by atoms with Gasteiger partial charge in [-0.15, -0.1) is 5.54 Å². The fourth-order valence-electron chi connectivity index (χ4n) is 16.8. The lowest BCUT2D eigenvalue weighted by atomic mass is 9.65. The summed E-state index contributed by atoms with van der Waals surface area (Å²) in [5.41, 5.74) is 6.81. The Morgan fingerprint density at radius 1 is 0.811 bits per heavy atom. The first-order valence-electron chi connectivity index (χ1n) is 35.0. The smallest absolute Gasteiger partial charge is 0.410 e. The van der Waals surface area contributed by atoms with Gasteiger partial charge < -0.3 is 38.5 Å². The van der Waals surface area contributed by atoms with E-state index in [1.807, 2.05) is 55.7 Å². The molecule has 5 saturated heterocycles. The van der Waals surface area contributed by atoms with Crippen LogP contribution in [0.5, 0.6) is 11.8 Å². The second-order valence-electron chi connectivity index (χ2n) is 30.4. The zero-order valence-electron chi connectivity index (χ0n) is 57.8. The fraction of sp³-hybridized carbons (Fsp3) is 0.608. The number of anilines is 2. The normalized spacial score (nSPS) is 21.1. The van der Waals surface area contributed by atoms with Crippen molar-refractivity contribution in [2.24, 2.45) is 16.7 Å². The molecule has 2 atom stereocenters. The third kappa shape index (κ3) is 14.1. The summed E-state index contributed by atoms with van der Waals surface area (Å²) in [7, 11) is -0.829. The first-order valence-corrected chi connectivity index (χ1v) is 37.3. The van der Waals surface area contributed by atoms with Crippen LogP contribution in [0.3, 0.4) is 0 Å². The number of piperidine rings is 1. The highest BCUT2D eigenvalue weighted by molar-refractivity contribution is 6.90. The van der Waals surface area contributed by atoms with E-state index in [0.717, 1.165) is 96.4 Å². The SMILES string of the molecule is CCc1ccc(C(=O)N2CCC3(CCC(CN4CCN(CC5(COc6nc(N7CC8CCC(C7)N8C(=O)OC(C)(C)C)c7cnc(-c8cc(OCOC)cc9ccc(F)c(C#C[Si](C(C)C)(C(C)C)C(C)C)c89)c(F)c7n6)CC5)CC4)CC3)CC2)cc1N1CCC(=O)NC1=O. The average molecular weight is 1320 g/mol. The number of pyridine rings is 1. The van der Waals surface area contributed by atoms with Crippen molar-refractivity contribution in [3.8, 4) is 34.5 Å². The van der Waals surface area contributed by atoms with Crippen LogP contribution in [0.1, 0.15) is 161 Å². The molecule has 5 aliphatic heterocycles. The average Bonchev–Trinajstić information content (AvgIpc) is 1.02. The molecule has 18 nitrogen and oxygen atoms in total. The lowest BCUT2D eigenvalue weighted by molar-refractivity contribution is -0.120. The lowest BCUT2D eigenvalue weighted by Crippen LogP contribution is -2.57. The lowest BCUT2D eigenvalue weighted by Gasteiger charge is -2.47. The van der Waals surface area contributed by atoms with E-state index in [2.05, 4.69) is 73.0 Å². The first-order chi connectivity index (χ1) is 45.4. The number of nitrogens with zero attached hydrogens (tertiary/aromatic N) is 9. The molecule has 2 saturated carbocycles. The molecule has 12 rings (SSSR count). The van der Waals surface area contributed by atoms with Crippen molar-refractivity contribution in [2.45, 2.75) is 181 Å². The summed E-state index contributed by atoms with van der Waals surface area (Å²) in [6, 6.07) is 11.5. The molecule has 5 amide bonds. The fourth-order valence-corrected chi connectivity index (χ4v) is 22.0. The van der Waals surface area contributed by atoms with Gasteiger partial charge in [-0.05, 0) is 161 Å². The number of methoxy groups -OCH3 is 1. The van der Waals surface area contributed by atoms with Crippen molar-refractivity contribution >= 4 is 65.2 Å². The number of fused-ring (bicyclic) bond motifs is 4. The summed E-state index contributed by atoms with van der Waals surface area (Å²) in [6.45, 7) is 29.8. The standard InChI is InChI=1S/C74H98F2N10O8Si/c1-12-51-13-14-53(38-61(51)85-29-21-62(87)78-70(85)89)68(88)83-30-27-73(28-31-83)23-19-50(20-24-73)41-81-32-34-82(35-33-81)44-74(25-26-74)45-92-69-79-66-59(67(80-69)84-42-54-16-17-55(43-84)86(54)71(90)94-72(8,9)10)40-77-65(64(66)76)58-39-56(93-46-91-11)37-52-15-18-60(75)57(63(52)58)22-36-95(47(2)3,48(4)5)49(6)7/h13-15,18,37-40,47-50,54-55H,12,16-17,19-21,23-35,41-46H2,1-11H3,(H,78,87,89). The van der Waals surface area contributed by atoms with E-state index in [1.165, 1.54) is 38.9 Å². The molecule has 95 heavy (non-hydrogen) atoms. The van der Waals surface area contributed by atoms with Gasteiger partial charge in [0.05, 0.1) is 29.6 Å². The Labute approximate surface area is 560 Å². The molecule has 7 heterocycles. The number of aromatic nitrogens is 3. The Balaban J connectivity index is 0.734. The van der Waals surface area contributed by atoms with Crippen LogP contribution in [0.25, 0.3) is 32.9 Å². The van der Waals surface area contributed by atoms with E-state index in [0.29, 0.717) is 99.7 Å². The highest BCUT2D eigenvalue weighted by atomic mass is 28.3. The van der Waals surface area contributed by atoms with Crippen molar-refractivity contribution in [3.63, 3.8) is 0 Å². The number of ether oxygens (including phenoxy) is 4. The largest absolute Gasteiger partial charge is 0.468 e. The summed E-state index contributed by atoms with van der Waals surface area (Å²) in [5.74, 6) is 3.40.